The Kier molecular flexibility index (Phi) is 2.60. The number of nitrogens with one attached hydrogen (secondary N) is 1. The summed E-state index contributed by atoms with van der Waals surface area (Å²) in [6.07, 6.45) is 0. The summed E-state index contributed by atoms with van der Waals surface area (Å²) in [4.78, 5) is 11.0. The number of phenolic OH excluding ortho intramolecular Hbond substituents is 1. The molecule has 0 radical (unpaired) electrons. The van der Waals surface area contributed by atoms with E-state index in [1.807, 2.05) is 6.07 Å². The number of carboxylic acids is 1. The zero-order valence-electron chi connectivity index (χ0n) is 8.18. The average molecular weight is 207 g/mol. The van der Waals surface area contributed by atoms with Crippen LogP contribution in [0.15, 0.2) is 24.3 Å². The van der Waals surface area contributed by atoms with Gasteiger partial charge < -0.3 is 15.5 Å². The zero-order valence-corrected chi connectivity index (χ0v) is 8.18. The van der Waals surface area contributed by atoms with Crippen LogP contribution < -0.4 is 5.32 Å². The van der Waals surface area contributed by atoms with Crippen LogP contribution in [0.5, 0.6) is 5.75 Å². The molecule has 2 rings (SSSR count). The van der Waals surface area contributed by atoms with Gasteiger partial charge in [0.25, 0.3) is 0 Å². The van der Waals surface area contributed by atoms with E-state index in [0.29, 0.717) is 13.1 Å². The van der Waals surface area contributed by atoms with Gasteiger partial charge in [0.2, 0.25) is 0 Å². The Labute approximate surface area is 87.6 Å². The molecule has 0 amide bonds. The summed E-state index contributed by atoms with van der Waals surface area (Å²) in [5, 5.41) is 21.4. The Hall–Kier alpha value is -1.55. The highest BCUT2D eigenvalue weighted by atomic mass is 16.4. The van der Waals surface area contributed by atoms with Gasteiger partial charge in [-0.3, -0.25) is 4.79 Å². The van der Waals surface area contributed by atoms with E-state index >= 15 is 0 Å². The molecular weight excluding hydrogens is 194 g/mol. The van der Waals surface area contributed by atoms with Crippen molar-refractivity contribution in [2.75, 3.05) is 13.1 Å². The number of carboxylic acid groups (broad SMARTS) is 1. The van der Waals surface area contributed by atoms with Crippen molar-refractivity contribution in [3.63, 3.8) is 0 Å². The largest absolute Gasteiger partial charge is 0.508 e. The maximum atomic E-state index is 11.0. The molecule has 1 aromatic rings. The van der Waals surface area contributed by atoms with Gasteiger partial charge in [-0.15, -0.1) is 0 Å². The minimum Gasteiger partial charge on any atom is -0.508 e. The van der Waals surface area contributed by atoms with Crippen LogP contribution in [0.1, 0.15) is 11.5 Å². The lowest BCUT2D eigenvalue weighted by molar-refractivity contribution is -0.141. The summed E-state index contributed by atoms with van der Waals surface area (Å²) in [6.45, 7) is 1.15. The highest BCUT2D eigenvalue weighted by Crippen LogP contribution is 2.29. The summed E-state index contributed by atoms with van der Waals surface area (Å²) >= 11 is 0. The summed E-state index contributed by atoms with van der Waals surface area (Å²) in [7, 11) is 0. The van der Waals surface area contributed by atoms with Crippen molar-refractivity contribution in [1.29, 1.82) is 0 Å². The van der Waals surface area contributed by atoms with Crippen LogP contribution >= 0.6 is 0 Å². The predicted octanol–water partition coefficient (Wildman–Crippen LogP) is 0.780. The molecule has 0 bridgehead atoms. The number of phenols is 1. The number of hydrogen-bond acceptors (Lipinski definition) is 3. The molecule has 4 nitrogen and oxygen atoms in total. The number of benzene rings is 1. The predicted molar refractivity (Wildman–Crippen MR) is 54.8 cm³/mol. The Bertz CT molecular complexity index is 378. The van der Waals surface area contributed by atoms with Gasteiger partial charge in [0.05, 0.1) is 5.92 Å². The normalized spacial score (nSPS) is 25.3. The first-order chi connectivity index (χ1) is 7.18. The van der Waals surface area contributed by atoms with E-state index in [0.717, 1.165) is 5.56 Å². The van der Waals surface area contributed by atoms with Crippen LogP contribution in [-0.2, 0) is 4.79 Å². The Morgan fingerprint density at radius 3 is 2.87 bits per heavy atom. The highest BCUT2D eigenvalue weighted by Gasteiger charge is 2.33. The molecule has 3 N–H and O–H groups in total. The number of carbonyl (C=O) groups is 1. The van der Waals surface area contributed by atoms with Gasteiger partial charge in [-0.1, -0.05) is 12.1 Å². The van der Waals surface area contributed by atoms with Crippen molar-refractivity contribution in [3.05, 3.63) is 29.8 Å². The molecule has 2 unspecified atom stereocenters. The quantitative estimate of drug-likeness (QED) is 0.670. The van der Waals surface area contributed by atoms with Crippen molar-refractivity contribution >= 4 is 5.97 Å². The summed E-state index contributed by atoms with van der Waals surface area (Å²) in [5.41, 5.74) is 0.882. The van der Waals surface area contributed by atoms with Crippen LogP contribution in [0.25, 0.3) is 0 Å². The van der Waals surface area contributed by atoms with Crippen LogP contribution in [0.2, 0.25) is 0 Å². The molecule has 4 heteroatoms. The third kappa shape index (κ3) is 1.94. The molecule has 15 heavy (non-hydrogen) atoms. The highest BCUT2D eigenvalue weighted by molar-refractivity contribution is 5.72. The SMILES string of the molecule is O=C(O)C1CNCC1c1cccc(O)c1. The van der Waals surface area contributed by atoms with Crippen LogP contribution in [0.3, 0.4) is 0 Å². The van der Waals surface area contributed by atoms with Crippen LogP contribution in [0, 0.1) is 5.92 Å². The van der Waals surface area contributed by atoms with E-state index in [-0.39, 0.29) is 11.7 Å². The Morgan fingerprint density at radius 2 is 2.20 bits per heavy atom. The molecule has 1 aromatic carbocycles. The minimum absolute atomic E-state index is 0.0467. The first-order valence-electron chi connectivity index (χ1n) is 4.91. The number of rotatable bonds is 2. The summed E-state index contributed by atoms with van der Waals surface area (Å²) in [6, 6.07) is 6.81. The van der Waals surface area contributed by atoms with E-state index in [9.17, 15) is 9.90 Å². The molecule has 0 spiro atoms. The molecule has 80 valence electrons. The first kappa shape index (κ1) is 9.98. The van der Waals surface area contributed by atoms with Gasteiger partial charge in [-0.2, -0.15) is 0 Å². The van der Waals surface area contributed by atoms with Gasteiger partial charge in [0.15, 0.2) is 0 Å². The third-order valence-electron chi connectivity index (χ3n) is 2.83. The molecule has 1 fully saturated rings. The molecule has 1 aliphatic rings. The molecular formula is C11H13NO3. The fourth-order valence-corrected chi connectivity index (χ4v) is 2.04. The summed E-state index contributed by atoms with van der Waals surface area (Å²) in [5.74, 6) is -1.04. The lowest BCUT2D eigenvalue weighted by atomic mass is 9.89. The van der Waals surface area contributed by atoms with Gasteiger partial charge in [-0.05, 0) is 17.7 Å². The van der Waals surface area contributed by atoms with E-state index in [2.05, 4.69) is 5.32 Å². The number of hydrogen-bond donors (Lipinski definition) is 3. The Balaban J connectivity index is 2.26. The van der Waals surface area contributed by atoms with Gasteiger partial charge in [0.1, 0.15) is 5.75 Å². The van der Waals surface area contributed by atoms with E-state index in [1.54, 1.807) is 18.2 Å². The lowest BCUT2D eigenvalue weighted by Crippen LogP contribution is -2.20. The van der Waals surface area contributed by atoms with Crippen molar-refractivity contribution in [3.8, 4) is 5.75 Å². The fourth-order valence-electron chi connectivity index (χ4n) is 2.04. The van der Waals surface area contributed by atoms with Gasteiger partial charge in [-0.25, -0.2) is 0 Å². The molecule has 1 saturated heterocycles. The zero-order chi connectivity index (χ0) is 10.8. The first-order valence-corrected chi connectivity index (χ1v) is 4.91. The minimum atomic E-state index is -0.784. The molecule has 1 heterocycles. The van der Waals surface area contributed by atoms with Gasteiger partial charge >= 0.3 is 5.97 Å². The van der Waals surface area contributed by atoms with E-state index in [1.165, 1.54) is 0 Å². The van der Waals surface area contributed by atoms with Crippen molar-refractivity contribution in [1.82, 2.24) is 5.32 Å². The molecule has 0 aromatic heterocycles. The second kappa shape index (κ2) is 3.90. The monoisotopic (exact) mass is 207 g/mol. The fraction of sp³-hybridized carbons (Fsp3) is 0.364. The molecule has 1 aliphatic heterocycles. The van der Waals surface area contributed by atoms with Crippen molar-refractivity contribution < 1.29 is 15.0 Å². The maximum Gasteiger partial charge on any atom is 0.308 e. The number of aliphatic carboxylic acids is 1. The standard InChI is InChI=1S/C11H13NO3/c13-8-3-1-2-7(4-8)9-5-12-6-10(9)11(14)15/h1-4,9-10,12-13H,5-6H2,(H,14,15). The second-order valence-electron chi connectivity index (χ2n) is 3.80. The topological polar surface area (TPSA) is 69.6 Å². The number of aromatic hydroxyl groups is 1. The van der Waals surface area contributed by atoms with E-state index < -0.39 is 11.9 Å². The van der Waals surface area contributed by atoms with Crippen LogP contribution in [0.4, 0.5) is 0 Å². The van der Waals surface area contributed by atoms with Crippen LogP contribution in [-0.4, -0.2) is 29.3 Å². The van der Waals surface area contributed by atoms with Gasteiger partial charge in [0, 0.05) is 19.0 Å². The third-order valence-corrected chi connectivity index (χ3v) is 2.83. The average Bonchev–Trinajstić information content (AvgIpc) is 2.65. The second-order valence-corrected chi connectivity index (χ2v) is 3.80. The maximum absolute atomic E-state index is 11.0. The Morgan fingerprint density at radius 1 is 1.40 bits per heavy atom. The van der Waals surface area contributed by atoms with Crippen molar-refractivity contribution in [2.24, 2.45) is 5.92 Å². The van der Waals surface area contributed by atoms with Crippen molar-refractivity contribution in [2.45, 2.75) is 5.92 Å². The molecule has 0 saturated carbocycles. The summed E-state index contributed by atoms with van der Waals surface area (Å²) < 4.78 is 0. The molecule has 0 aliphatic carbocycles. The molecule has 2 atom stereocenters. The van der Waals surface area contributed by atoms with E-state index in [4.69, 9.17) is 5.11 Å². The lowest BCUT2D eigenvalue weighted by Gasteiger charge is -2.14. The smallest absolute Gasteiger partial charge is 0.308 e.